The molecule has 154 valence electrons. The van der Waals surface area contributed by atoms with Crippen LogP contribution in [0.1, 0.15) is 43.7 Å². The lowest BCUT2D eigenvalue weighted by Crippen LogP contribution is -2.24. The van der Waals surface area contributed by atoms with Gasteiger partial charge in [0.2, 0.25) is 0 Å². The number of carbonyl (C=O) groups is 1. The highest BCUT2D eigenvalue weighted by molar-refractivity contribution is 5.91. The number of benzene rings is 1. The average Bonchev–Trinajstić information content (AvgIpc) is 3.14. The first-order chi connectivity index (χ1) is 13.5. The summed E-state index contributed by atoms with van der Waals surface area (Å²) >= 11 is 0. The maximum Gasteiger partial charge on any atom is 0.273 e. The quantitative estimate of drug-likeness (QED) is 0.561. The predicted octanol–water partition coefficient (Wildman–Crippen LogP) is 2.64. The number of ether oxygens (including phenoxy) is 3. The van der Waals surface area contributed by atoms with E-state index < -0.39 is 6.29 Å². The first-order valence-electron chi connectivity index (χ1n) is 9.65. The molecule has 0 aliphatic rings. The van der Waals surface area contributed by atoms with Crippen molar-refractivity contribution in [2.24, 2.45) is 5.92 Å². The van der Waals surface area contributed by atoms with Crippen LogP contribution in [-0.2, 0) is 22.6 Å². The van der Waals surface area contributed by atoms with Gasteiger partial charge in [-0.05, 0) is 37.5 Å². The van der Waals surface area contributed by atoms with Crippen LogP contribution in [0.15, 0.2) is 30.5 Å². The van der Waals surface area contributed by atoms with Crippen LogP contribution >= 0.6 is 0 Å². The van der Waals surface area contributed by atoms with Crippen molar-refractivity contribution in [1.29, 1.82) is 0 Å². The van der Waals surface area contributed by atoms with E-state index in [1.54, 1.807) is 10.9 Å². The maximum atomic E-state index is 12.3. The summed E-state index contributed by atoms with van der Waals surface area (Å²) in [6, 6.07) is 7.67. The molecule has 2 rings (SSSR count). The Balaban J connectivity index is 1.84. The minimum absolute atomic E-state index is 0.253. The monoisotopic (exact) mass is 390 g/mol. The highest BCUT2D eigenvalue weighted by Crippen LogP contribution is 2.13. The fourth-order valence-electron chi connectivity index (χ4n) is 2.41. The first-order valence-corrected chi connectivity index (χ1v) is 9.65. The molecule has 1 aromatic heterocycles. The Kier molecular flexibility index (Phi) is 8.90. The Morgan fingerprint density at radius 2 is 1.82 bits per heavy atom. The number of nitrogens with zero attached hydrogens (tertiary/aromatic N) is 3. The Bertz CT molecular complexity index is 709. The summed E-state index contributed by atoms with van der Waals surface area (Å²) in [5.41, 5.74) is 1.23. The molecule has 0 saturated carbocycles. The van der Waals surface area contributed by atoms with Gasteiger partial charge in [-0.15, -0.1) is 5.10 Å². The van der Waals surface area contributed by atoms with Gasteiger partial charge >= 0.3 is 0 Å². The van der Waals surface area contributed by atoms with Crippen LogP contribution in [0.2, 0.25) is 0 Å². The smallest absolute Gasteiger partial charge is 0.273 e. The molecular formula is C20H30N4O4. The highest BCUT2D eigenvalue weighted by atomic mass is 16.7. The minimum atomic E-state index is -0.413. The Labute approximate surface area is 166 Å². The minimum Gasteiger partial charge on any atom is -0.493 e. The van der Waals surface area contributed by atoms with Gasteiger partial charge in [0.05, 0.1) is 19.3 Å². The molecule has 2 aromatic rings. The van der Waals surface area contributed by atoms with E-state index >= 15 is 0 Å². The fraction of sp³-hybridized carbons (Fsp3) is 0.550. The van der Waals surface area contributed by atoms with E-state index in [1.807, 2.05) is 38.1 Å². The number of rotatable bonds is 12. The molecule has 0 saturated heterocycles. The summed E-state index contributed by atoms with van der Waals surface area (Å²) in [6.07, 6.45) is 1.17. The molecule has 0 radical (unpaired) electrons. The molecule has 8 nitrogen and oxygen atoms in total. The zero-order valence-electron chi connectivity index (χ0n) is 17.1. The second kappa shape index (κ2) is 11.4. The van der Waals surface area contributed by atoms with Gasteiger partial charge in [-0.1, -0.05) is 31.2 Å². The molecule has 28 heavy (non-hydrogen) atoms. The van der Waals surface area contributed by atoms with E-state index in [2.05, 4.69) is 29.5 Å². The van der Waals surface area contributed by atoms with E-state index in [1.165, 1.54) is 0 Å². The predicted molar refractivity (Wildman–Crippen MR) is 105 cm³/mol. The van der Waals surface area contributed by atoms with Crippen LogP contribution < -0.4 is 10.1 Å². The molecule has 0 unspecified atom stereocenters. The summed E-state index contributed by atoms with van der Waals surface area (Å²) in [4.78, 5) is 12.3. The molecule has 0 aliphatic carbocycles. The zero-order valence-corrected chi connectivity index (χ0v) is 17.1. The number of amides is 1. The fourth-order valence-corrected chi connectivity index (χ4v) is 2.41. The molecule has 1 aromatic carbocycles. The summed E-state index contributed by atoms with van der Waals surface area (Å²) in [5, 5.41) is 10.7. The van der Waals surface area contributed by atoms with E-state index in [4.69, 9.17) is 14.2 Å². The Morgan fingerprint density at radius 3 is 2.43 bits per heavy atom. The SMILES string of the molecule is CCOC(Cn1cc(C(=O)NCc2ccc(OCC(C)C)cc2)nn1)OCC. The summed E-state index contributed by atoms with van der Waals surface area (Å²) in [5.74, 6) is 1.02. The second-order valence-electron chi connectivity index (χ2n) is 6.70. The average molecular weight is 390 g/mol. The van der Waals surface area contributed by atoms with Gasteiger partial charge in [0.15, 0.2) is 12.0 Å². The molecule has 0 spiro atoms. The second-order valence-corrected chi connectivity index (χ2v) is 6.70. The van der Waals surface area contributed by atoms with Gasteiger partial charge in [0.1, 0.15) is 5.75 Å². The van der Waals surface area contributed by atoms with Crippen LogP contribution in [0.3, 0.4) is 0 Å². The van der Waals surface area contributed by atoms with Crippen LogP contribution in [0, 0.1) is 5.92 Å². The third kappa shape index (κ3) is 7.28. The van der Waals surface area contributed by atoms with E-state index in [-0.39, 0.29) is 11.6 Å². The molecule has 0 fully saturated rings. The summed E-state index contributed by atoms with van der Waals surface area (Å²) in [7, 11) is 0. The number of aromatic nitrogens is 3. The van der Waals surface area contributed by atoms with Gasteiger partial charge in [-0.2, -0.15) is 0 Å². The van der Waals surface area contributed by atoms with Crippen molar-refractivity contribution in [3.05, 3.63) is 41.7 Å². The summed E-state index contributed by atoms with van der Waals surface area (Å²) in [6.45, 7) is 10.5. The zero-order chi connectivity index (χ0) is 20.4. The highest BCUT2D eigenvalue weighted by Gasteiger charge is 2.14. The van der Waals surface area contributed by atoms with E-state index in [9.17, 15) is 4.79 Å². The normalized spacial score (nSPS) is 11.2. The Hall–Kier alpha value is -2.45. The number of carbonyl (C=O) groups excluding carboxylic acids is 1. The van der Waals surface area contributed by atoms with Crippen LogP contribution in [0.25, 0.3) is 0 Å². The van der Waals surface area contributed by atoms with Crippen molar-refractivity contribution in [2.75, 3.05) is 19.8 Å². The van der Waals surface area contributed by atoms with Gasteiger partial charge in [-0.3, -0.25) is 4.79 Å². The molecular weight excluding hydrogens is 360 g/mol. The lowest BCUT2D eigenvalue weighted by atomic mass is 10.2. The van der Waals surface area contributed by atoms with Gasteiger partial charge < -0.3 is 19.5 Å². The van der Waals surface area contributed by atoms with Gasteiger partial charge in [-0.25, -0.2) is 4.68 Å². The molecule has 1 N–H and O–H groups in total. The van der Waals surface area contributed by atoms with E-state index in [0.717, 1.165) is 11.3 Å². The molecule has 0 bridgehead atoms. The van der Waals surface area contributed by atoms with Crippen molar-refractivity contribution in [3.63, 3.8) is 0 Å². The van der Waals surface area contributed by atoms with Crippen LogP contribution in [-0.4, -0.2) is 47.0 Å². The molecule has 1 amide bonds. The lowest BCUT2D eigenvalue weighted by Gasteiger charge is -2.16. The third-order valence-corrected chi connectivity index (χ3v) is 3.77. The third-order valence-electron chi connectivity index (χ3n) is 3.77. The maximum absolute atomic E-state index is 12.3. The molecule has 8 heteroatoms. The largest absolute Gasteiger partial charge is 0.493 e. The lowest BCUT2D eigenvalue weighted by molar-refractivity contribution is -0.145. The van der Waals surface area contributed by atoms with Crippen LogP contribution in [0.5, 0.6) is 5.75 Å². The Morgan fingerprint density at radius 1 is 1.14 bits per heavy atom. The first kappa shape index (κ1) is 21.8. The molecule has 0 atom stereocenters. The number of nitrogens with one attached hydrogen (secondary N) is 1. The standard InChI is InChI=1S/C20H30N4O4/c1-5-26-19(27-6-2)13-24-12-18(22-23-24)20(25)21-11-16-7-9-17(10-8-16)28-14-15(3)4/h7-10,12,15,19H,5-6,11,13-14H2,1-4H3,(H,21,25). The van der Waals surface area contributed by atoms with Crippen molar-refractivity contribution in [1.82, 2.24) is 20.3 Å². The molecule has 1 heterocycles. The van der Waals surface area contributed by atoms with Crippen LogP contribution in [0.4, 0.5) is 0 Å². The van der Waals surface area contributed by atoms with Crippen molar-refractivity contribution in [3.8, 4) is 5.75 Å². The van der Waals surface area contributed by atoms with Crippen molar-refractivity contribution >= 4 is 5.91 Å². The van der Waals surface area contributed by atoms with Crippen molar-refractivity contribution < 1.29 is 19.0 Å². The molecule has 0 aliphatic heterocycles. The van der Waals surface area contributed by atoms with Crippen molar-refractivity contribution in [2.45, 2.75) is 47.1 Å². The van der Waals surface area contributed by atoms with Gasteiger partial charge in [0.25, 0.3) is 5.91 Å². The van der Waals surface area contributed by atoms with Gasteiger partial charge in [0, 0.05) is 19.8 Å². The number of hydrogen-bond donors (Lipinski definition) is 1. The van der Waals surface area contributed by atoms with E-state index in [0.29, 0.717) is 38.8 Å². The number of hydrogen-bond acceptors (Lipinski definition) is 6. The summed E-state index contributed by atoms with van der Waals surface area (Å²) < 4.78 is 18.2. The topological polar surface area (TPSA) is 87.5 Å².